The van der Waals surface area contributed by atoms with E-state index in [0.717, 1.165) is 49.8 Å². The molecule has 0 aliphatic carbocycles. The van der Waals surface area contributed by atoms with Crippen molar-refractivity contribution in [3.05, 3.63) is 90.5 Å². The molecule has 5 nitrogen and oxygen atoms in total. The van der Waals surface area contributed by atoms with Gasteiger partial charge in [0.25, 0.3) is 0 Å². The van der Waals surface area contributed by atoms with Crippen LogP contribution in [0.3, 0.4) is 0 Å². The summed E-state index contributed by atoms with van der Waals surface area (Å²) in [7, 11) is 0. The summed E-state index contributed by atoms with van der Waals surface area (Å²) < 4.78 is 2.13. The second-order valence-corrected chi connectivity index (χ2v) is 8.07. The number of pyridine rings is 1. The Bertz CT molecular complexity index is 1680. The highest BCUT2D eigenvalue weighted by Gasteiger charge is 2.13. The van der Waals surface area contributed by atoms with Gasteiger partial charge < -0.3 is 4.98 Å². The molecule has 0 amide bonds. The molecular weight excluding hydrogens is 394 g/mol. The van der Waals surface area contributed by atoms with Gasteiger partial charge in [0.2, 0.25) is 0 Å². The summed E-state index contributed by atoms with van der Waals surface area (Å²) in [5, 5.41) is 11.3. The molecule has 3 heterocycles. The quantitative estimate of drug-likeness (QED) is 0.381. The molecule has 1 N–H and O–H groups in total. The van der Waals surface area contributed by atoms with Gasteiger partial charge >= 0.3 is 0 Å². The fourth-order valence-corrected chi connectivity index (χ4v) is 4.48. The second-order valence-electron chi connectivity index (χ2n) is 8.07. The van der Waals surface area contributed by atoms with Crippen LogP contribution < -0.4 is 0 Å². The van der Waals surface area contributed by atoms with E-state index in [9.17, 15) is 0 Å². The maximum Gasteiger partial charge on any atom is 0.108 e. The Balaban J connectivity index is 1.57. The predicted octanol–water partition coefficient (Wildman–Crippen LogP) is 6.10. The minimum atomic E-state index is 0.410. The molecule has 0 unspecified atom stereocenters. The third-order valence-corrected chi connectivity index (χ3v) is 6.06. The van der Waals surface area contributed by atoms with E-state index in [2.05, 4.69) is 87.1 Å². The SMILES string of the molecule is Cc1cc(CC#N)ccc1-n1cnc2cnc3ccc(-c4ccc5[nH]ccc5c4)cc3c21. The van der Waals surface area contributed by atoms with Crippen LogP contribution in [-0.4, -0.2) is 19.5 Å². The number of fused-ring (bicyclic) bond motifs is 4. The van der Waals surface area contributed by atoms with Gasteiger partial charge in [-0.3, -0.25) is 9.55 Å². The first-order valence-electron chi connectivity index (χ1n) is 10.5. The molecule has 3 aromatic heterocycles. The van der Waals surface area contributed by atoms with Crippen LogP contribution in [0.2, 0.25) is 0 Å². The Labute approximate surface area is 184 Å². The van der Waals surface area contributed by atoms with Gasteiger partial charge in [0, 0.05) is 17.1 Å². The fourth-order valence-electron chi connectivity index (χ4n) is 4.48. The molecule has 0 aliphatic rings. The molecule has 0 radical (unpaired) electrons. The fraction of sp³-hybridized carbons (Fsp3) is 0.0741. The number of aromatic amines is 1. The maximum atomic E-state index is 9.02. The molecule has 6 rings (SSSR count). The lowest BCUT2D eigenvalue weighted by molar-refractivity contribution is 1.07. The average molecular weight is 413 g/mol. The van der Waals surface area contributed by atoms with Crippen LogP contribution in [0.15, 0.2) is 79.4 Å². The molecular formula is C27H19N5. The molecule has 0 atom stereocenters. The van der Waals surface area contributed by atoms with E-state index in [1.54, 1.807) is 0 Å². The molecule has 5 heteroatoms. The molecule has 152 valence electrons. The van der Waals surface area contributed by atoms with Crippen molar-refractivity contribution in [3.63, 3.8) is 0 Å². The van der Waals surface area contributed by atoms with E-state index in [4.69, 9.17) is 5.26 Å². The Morgan fingerprint density at radius 1 is 0.938 bits per heavy atom. The molecule has 0 spiro atoms. The number of rotatable bonds is 3. The zero-order chi connectivity index (χ0) is 21.7. The summed E-state index contributed by atoms with van der Waals surface area (Å²) in [4.78, 5) is 12.5. The zero-order valence-corrected chi connectivity index (χ0v) is 17.5. The van der Waals surface area contributed by atoms with Gasteiger partial charge in [-0.2, -0.15) is 5.26 Å². The van der Waals surface area contributed by atoms with Crippen LogP contribution in [0, 0.1) is 18.3 Å². The average Bonchev–Trinajstić information content (AvgIpc) is 3.46. The van der Waals surface area contributed by atoms with E-state index in [1.165, 1.54) is 10.9 Å². The van der Waals surface area contributed by atoms with Gasteiger partial charge in [0.05, 0.1) is 35.4 Å². The first kappa shape index (κ1) is 18.3. The van der Waals surface area contributed by atoms with Crippen LogP contribution in [0.25, 0.3) is 49.7 Å². The standard InChI is InChI=1S/C27H19N5/c1-17-12-18(8-10-28)2-7-26(17)32-16-31-25-15-30-24-6-4-20(14-22(24)27(25)32)19-3-5-23-21(13-19)9-11-29-23/h2-7,9,11-16,29H,8H2,1H3. The first-order chi connectivity index (χ1) is 15.7. The van der Waals surface area contributed by atoms with Crippen LogP contribution >= 0.6 is 0 Å². The van der Waals surface area contributed by atoms with Crippen molar-refractivity contribution in [2.45, 2.75) is 13.3 Å². The number of nitrogens with one attached hydrogen (secondary N) is 1. The van der Waals surface area contributed by atoms with Crippen LogP contribution in [0.1, 0.15) is 11.1 Å². The maximum absolute atomic E-state index is 9.02. The van der Waals surface area contributed by atoms with E-state index >= 15 is 0 Å². The van der Waals surface area contributed by atoms with E-state index in [-0.39, 0.29) is 0 Å². The van der Waals surface area contributed by atoms with Crippen LogP contribution in [0.5, 0.6) is 0 Å². The van der Waals surface area contributed by atoms with Gasteiger partial charge in [0.15, 0.2) is 0 Å². The number of aromatic nitrogens is 4. The summed E-state index contributed by atoms with van der Waals surface area (Å²) in [6.07, 6.45) is 6.06. The van der Waals surface area contributed by atoms with Crippen molar-refractivity contribution in [2.75, 3.05) is 0 Å². The van der Waals surface area contributed by atoms with Gasteiger partial charge in [-0.25, -0.2) is 4.98 Å². The highest BCUT2D eigenvalue weighted by atomic mass is 15.1. The highest BCUT2D eigenvalue weighted by Crippen LogP contribution is 2.32. The third-order valence-electron chi connectivity index (χ3n) is 6.06. The number of nitrogens with zero attached hydrogens (tertiary/aromatic N) is 4. The molecule has 0 saturated heterocycles. The second kappa shape index (κ2) is 7.07. The summed E-state index contributed by atoms with van der Waals surface area (Å²) in [6.45, 7) is 2.07. The molecule has 32 heavy (non-hydrogen) atoms. The van der Waals surface area contributed by atoms with Crippen molar-refractivity contribution in [1.82, 2.24) is 19.5 Å². The summed E-state index contributed by atoms with van der Waals surface area (Å²) >= 11 is 0. The lowest BCUT2D eigenvalue weighted by Gasteiger charge is -2.12. The van der Waals surface area contributed by atoms with Gasteiger partial charge in [-0.15, -0.1) is 0 Å². The Kier molecular flexibility index (Phi) is 4.05. The monoisotopic (exact) mass is 413 g/mol. The first-order valence-corrected chi connectivity index (χ1v) is 10.5. The molecule has 0 aliphatic heterocycles. The summed E-state index contributed by atoms with van der Waals surface area (Å²) in [6, 6.07) is 23.3. The van der Waals surface area contributed by atoms with Crippen LogP contribution in [-0.2, 0) is 6.42 Å². The van der Waals surface area contributed by atoms with E-state index < -0.39 is 0 Å². The van der Waals surface area contributed by atoms with Crippen molar-refractivity contribution in [3.8, 4) is 22.9 Å². The van der Waals surface area contributed by atoms with Crippen LogP contribution in [0.4, 0.5) is 0 Å². The summed E-state index contributed by atoms with van der Waals surface area (Å²) in [5.74, 6) is 0. The van der Waals surface area contributed by atoms with E-state index in [1.807, 2.05) is 24.8 Å². The number of imidazole rings is 1. The Morgan fingerprint density at radius 3 is 2.69 bits per heavy atom. The molecule has 6 aromatic rings. The molecule has 0 bridgehead atoms. The number of aryl methyl sites for hydroxylation is 1. The van der Waals surface area contributed by atoms with Gasteiger partial charge in [0.1, 0.15) is 11.8 Å². The zero-order valence-electron chi connectivity index (χ0n) is 17.5. The van der Waals surface area contributed by atoms with Crippen molar-refractivity contribution < 1.29 is 0 Å². The number of benzene rings is 3. The number of nitriles is 1. The van der Waals surface area contributed by atoms with Crippen molar-refractivity contribution in [2.24, 2.45) is 0 Å². The number of H-pyrrole nitrogens is 1. The van der Waals surface area contributed by atoms with E-state index in [0.29, 0.717) is 6.42 Å². The topological polar surface area (TPSA) is 70.3 Å². The lowest BCUT2D eigenvalue weighted by Crippen LogP contribution is -1.98. The number of hydrogen-bond donors (Lipinski definition) is 1. The minimum absolute atomic E-state index is 0.410. The highest BCUT2D eigenvalue weighted by molar-refractivity contribution is 6.04. The normalized spacial score (nSPS) is 11.4. The number of hydrogen-bond acceptors (Lipinski definition) is 3. The van der Waals surface area contributed by atoms with Gasteiger partial charge in [-0.1, -0.05) is 24.3 Å². The predicted molar refractivity (Wildman–Crippen MR) is 128 cm³/mol. The van der Waals surface area contributed by atoms with Crippen molar-refractivity contribution in [1.29, 1.82) is 5.26 Å². The molecule has 0 fully saturated rings. The molecule has 0 saturated carbocycles. The Hall–Kier alpha value is -4.43. The lowest BCUT2D eigenvalue weighted by atomic mass is 10.0. The summed E-state index contributed by atoms with van der Waals surface area (Å²) in [5.41, 5.74) is 9.45. The molecule has 3 aromatic carbocycles. The third kappa shape index (κ3) is 2.85. The Morgan fingerprint density at radius 2 is 1.81 bits per heavy atom. The minimum Gasteiger partial charge on any atom is -0.361 e. The van der Waals surface area contributed by atoms with Crippen molar-refractivity contribution >= 4 is 32.8 Å². The van der Waals surface area contributed by atoms with Gasteiger partial charge in [-0.05, 0) is 71.0 Å². The largest absolute Gasteiger partial charge is 0.361 e. The smallest absolute Gasteiger partial charge is 0.108 e.